The van der Waals surface area contributed by atoms with Crippen LogP contribution in [0.2, 0.25) is 0 Å². The van der Waals surface area contributed by atoms with Gasteiger partial charge in [0.2, 0.25) is 0 Å². The summed E-state index contributed by atoms with van der Waals surface area (Å²) in [7, 11) is -4.79. The third kappa shape index (κ3) is 42.4. The van der Waals surface area contributed by atoms with Gasteiger partial charge in [-0.3, -0.25) is 14.1 Å². The fourth-order valence-electron chi connectivity index (χ4n) is 5.53. The lowest BCUT2D eigenvalue weighted by molar-refractivity contribution is -0.161. The van der Waals surface area contributed by atoms with Crippen LogP contribution < -0.4 is 0 Å². The Kier molecular flexibility index (Phi) is 37.8. The number of unbranched alkanes of at least 4 members (excludes halogenated alkanes) is 16. The summed E-state index contributed by atoms with van der Waals surface area (Å²) in [6, 6.07) is 0. The predicted octanol–water partition coefficient (Wildman–Crippen LogP) is 12.0. The monoisotopic (exact) mass is 793 g/mol. The Hall–Kier alpha value is -2.55. The maximum atomic E-state index is 12.4. The Balaban J connectivity index is 4.07. The molecule has 0 heterocycles. The Morgan fingerprint density at radius 1 is 0.564 bits per heavy atom. The number of rotatable bonds is 38. The summed E-state index contributed by atoms with van der Waals surface area (Å²) in [5.74, 6) is -1.00. The van der Waals surface area contributed by atoms with Crippen molar-refractivity contribution < 1.29 is 43.0 Å². The average Bonchev–Trinajstić information content (AvgIpc) is 3.15. The fourth-order valence-corrected chi connectivity index (χ4v) is 5.89. The van der Waals surface area contributed by atoms with Crippen LogP contribution in [0, 0.1) is 0 Å². The molecule has 0 bridgehead atoms. The molecular formula is C45H77O9P. The van der Waals surface area contributed by atoms with E-state index in [9.17, 15) is 19.3 Å². The minimum absolute atomic E-state index is 0.0980. The number of allylic oxidation sites excluding steroid dienone is 10. The van der Waals surface area contributed by atoms with Crippen LogP contribution in [0.4, 0.5) is 0 Å². The summed E-state index contributed by atoms with van der Waals surface area (Å²) >= 11 is 0. The largest absolute Gasteiger partial charge is 0.469 e. The summed E-state index contributed by atoms with van der Waals surface area (Å²) in [5, 5.41) is 10.0. The highest BCUT2D eigenvalue weighted by Gasteiger charge is 2.22. The van der Waals surface area contributed by atoms with E-state index in [0.29, 0.717) is 32.1 Å². The van der Waals surface area contributed by atoms with Gasteiger partial charge in [-0.15, -0.1) is 0 Å². The van der Waals surface area contributed by atoms with E-state index in [1.165, 1.54) is 77.0 Å². The number of hydrogen-bond donors (Lipinski definition) is 3. The summed E-state index contributed by atoms with van der Waals surface area (Å²) in [6.07, 6.45) is 47.9. The number of phosphoric ester groups is 1. The van der Waals surface area contributed by atoms with Gasteiger partial charge in [0.05, 0.1) is 12.7 Å². The van der Waals surface area contributed by atoms with Gasteiger partial charge in [0, 0.05) is 12.8 Å². The Labute approximate surface area is 334 Å². The van der Waals surface area contributed by atoms with E-state index in [2.05, 4.69) is 48.8 Å². The molecule has 2 atom stereocenters. The lowest BCUT2D eigenvalue weighted by Crippen LogP contribution is -2.29. The molecular weight excluding hydrogens is 715 g/mol. The molecule has 0 fully saturated rings. The molecule has 0 amide bonds. The first-order chi connectivity index (χ1) is 26.7. The molecule has 3 N–H and O–H groups in total. The Morgan fingerprint density at radius 3 is 1.64 bits per heavy atom. The van der Waals surface area contributed by atoms with Crippen molar-refractivity contribution >= 4 is 19.8 Å². The lowest BCUT2D eigenvalue weighted by atomic mass is 10.1. The first kappa shape index (κ1) is 52.5. The van der Waals surface area contributed by atoms with Crippen molar-refractivity contribution in [1.29, 1.82) is 0 Å². The maximum Gasteiger partial charge on any atom is 0.469 e. The van der Waals surface area contributed by atoms with E-state index >= 15 is 0 Å². The summed E-state index contributed by atoms with van der Waals surface area (Å²) in [6.45, 7) is 3.51. The second-order valence-electron chi connectivity index (χ2n) is 14.2. The third-order valence-electron chi connectivity index (χ3n) is 8.78. The number of esters is 2. The quantitative estimate of drug-likeness (QED) is 0.0183. The van der Waals surface area contributed by atoms with Crippen molar-refractivity contribution in [3.8, 4) is 0 Å². The highest BCUT2D eigenvalue weighted by molar-refractivity contribution is 7.46. The van der Waals surface area contributed by atoms with Gasteiger partial charge in [0.25, 0.3) is 0 Å². The lowest BCUT2D eigenvalue weighted by Gasteiger charge is -2.18. The molecule has 9 nitrogen and oxygen atoms in total. The van der Waals surface area contributed by atoms with Crippen molar-refractivity contribution in [3.05, 3.63) is 72.9 Å². The number of hydrogen-bond acceptors (Lipinski definition) is 7. The highest BCUT2D eigenvalue weighted by atomic mass is 31.2. The predicted molar refractivity (Wildman–Crippen MR) is 226 cm³/mol. The normalized spacial score (nSPS) is 13.8. The molecule has 55 heavy (non-hydrogen) atoms. The van der Waals surface area contributed by atoms with Gasteiger partial charge in [0.1, 0.15) is 6.61 Å². The molecule has 316 valence electrons. The van der Waals surface area contributed by atoms with E-state index in [1.807, 2.05) is 36.5 Å². The number of carbonyl (C=O) groups excluding carboxylic acids is 2. The van der Waals surface area contributed by atoms with Gasteiger partial charge in [-0.25, -0.2) is 4.57 Å². The molecule has 0 aliphatic rings. The molecule has 0 radical (unpaired) electrons. The van der Waals surface area contributed by atoms with Gasteiger partial charge >= 0.3 is 19.8 Å². The van der Waals surface area contributed by atoms with Crippen LogP contribution >= 0.6 is 7.82 Å². The van der Waals surface area contributed by atoms with Crippen LogP contribution in [-0.4, -0.2) is 52.3 Å². The first-order valence-electron chi connectivity index (χ1n) is 21.3. The first-order valence-corrected chi connectivity index (χ1v) is 22.9. The van der Waals surface area contributed by atoms with Crippen molar-refractivity contribution in [2.24, 2.45) is 0 Å². The van der Waals surface area contributed by atoms with Crippen LogP contribution in [0.25, 0.3) is 0 Å². The van der Waals surface area contributed by atoms with Gasteiger partial charge in [0.15, 0.2) is 6.10 Å². The molecule has 0 saturated heterocycles. The zero-order valence-electron chi connectivity index (χ0n) is 34.4. The van der Waals surface area contributed by atoms with Gasteiger partial charge in [-0.1, -0.05) is 157 Å². The molecule has 0 saturated carbocycles. The summed E-state index contributed by atoms with van der Waals surface area (Å²) in [5.41, 5.74) is 0. The van der Waals surface area contributed by atoms with Crippen LogP contribution in [0.1, 0.15) is 174 Å². The van der Waals surface area contributed by atoms with Crippen molar-refractivity contribution in [2.45, 2.75) is 187 Å². The summed E-state index contributed by atoms with van der Waals surface area (Å²) in [4.78, 5) is 42.9. The third-order valence-corrected chi connectivity index (χ3v) is 9.26. The topological polar surface area (TPSA) is 140 Å². The number of ether oxygens (including phenoxy) is 2. The Morgan fingerprint density at radius 2 is 1.05 bits per heavy atom. The molecule has 0 spiro atoms. The number of aliphatic hydroxyl groups excluding tert-OH is 1. The van der Waals surface area contributed by atoms with E-state index in [-0.39, 0.29) is 19.4 Å². The number of phosphoric acid groups is 1. The van der Waals surface area contributed by atoms with Gasteiger partial charge < -0.3 is 24.4 Å². The standard InChI is InChI=1S/C45H77O9P/c1-3-5-7-9-11-12-13-14-15-16-17-18-19-20-21-22-26-30-34-38-44(47)52-40-43(41-53-55(49,50)51)54-45(48)39-35-31-27-23-25-29-33-37-42(46)36-32-28-24-10-8-6-4-2/h11-12,14-15,23-24,27-29,32-33,36,42-43,46H,3-10,13,16-22,25-26,30-31,34-35,37-41H2,1-2H3,(H2,49,50,51)/b12-11-,15-14-,27-23+,28-24-,33-29-,36-32-/t42-,43+/m0/s1. The summed E-state index contributed by atoms with van der Waals surface area (Å²) < 4.78 is 26.3. The average molecular weight is 793 g/mol. The van der Waals surface area contributed by atoms with E-state index in [0.717, 1.165) is 38.5 Å². The van der Waals surface area contributed by atoms with Crippen molar-refractivity contribution in [2.75, 3.05) is 13.2 Å². The molecule has 0 aromatic heterocycles. The molecule has 0 aliphatic heterocycles. The number of carbonyl (C=O) groups is 2. The smallest absolute Gasteiger partial charge is 0.462 e. The van der Waals surface area contributed by atoms with Gasteiger partial charge in [-0.05, 0) is 77.0 Å². The van der Waals surface area contributed by atoms with E-state index in [4.69, 9.17) is 19.3 Å². The van der Waals surface area contributed by atoms with Crippen LogP contribution in [0.3, 0.4) is 0 Å². The number of aliphatic hydroxyl groups is 1. The Bertz CT molecular complexity index is 1140. The molecule has 10 heteroatoms. The molecule has 0 aliphatic carbocycles. The molecule has 0 rings (SSSR count). The van der Waals surface area contributed by atoms with Gasteiger partial charge in [-0.2, -0.15) is 0 Å². The second-order valence-corrected chi connectivity index (χ2v) is 15.4. The molecule has 0 aromatic carbocycles. The van der Waals surface area contributed by atoms with Crippen molar-refractivity contribution in [3.63, 3.8) is 0 Å². The fraction of sp³-hybridized carbons (Fsp3) is 0.689. The molecule has 0 unspecified atom stereocenters. The SMILES string of the molecule is CCCCC/C=C\C=C/[C@H](O)C/C=C\C/C=C/CCCC(=O)O[C@H](COC(=O)CCCCCCCCCCC/C=C\C/C=C\CCCCC)COP(=O)(O)O. The van der Waals surface area contributed by atoms with Crippen LogP contribution in [0.15, 0.2) is 72.9 Å². The van der Waals surface area contributed by atoms with Crippen LogP contribution in [0.5, 0.6) is 0 Å². The minimum Gasteiger partial charge on any atom is -0.462 e. The minimum atomic E-state index is -4.79. The van der Waals surface area contributed by atoms with E-state index < -0.39 is 38.6 Å². The van der Waals surface area contributed by atoms with Crippen molar-refractivity contribution in [1.82, 2.24) is 0 Å². The zero-order chi connectivity index (χ0) is 40.5. The second kappa shape index (κ2) is 39.7. The highest BCUT2D eigenvalue weighted by Crippen LogP contribution is 2.36. The van der Waals surface area contributed by atoms with Crippen LogP contribution in [-0.2, 0) is 28.2 Å². The van der Waals surface area contributed by atoms with E-state index in [1.54, 1.807) is 6.08 Å². The zero-order valence-corrected chi connectivity index (χ0v) is 35.3. The molecule has 0 aromatic rings. The maximum absolute atomic E-state index is 12.4.